The molecule has 2 aromatic heterocycles. The Balaban J connectivity index is 1.48. The van der Waals surface area contributed by atoms with Gasteiger partial charge in [0.2, 0.25) is 5.91 Å². The second kappa shape index (κ2) is 7.94. The SMILES string of the molecule is Cc1[nH]c2ccccc2c1CCNC(=O)CN(C)Cc1cccnc1. The van der Waals surface area contributed by atoms with Crippen LogP contribution >= 0.6 is 0 Å². The molecule has 5 heteroatoms. The van der Waals surface area contributed by atoms with Gasteiger partial charge in [-0.05, 0) is 43.7 Å². The third-order valence-electron chi connectivity index (χ3n) is 4.31. The van der Waals surface area contributed by atoms with Crippen molar-refractivity contribution in [3.05, 3.63) is 65.6 Å². The fourth-order valence-corrected chi connectivity index (χ4v) is 3.14. The van der Waals surface area contributed by atoms with Gasteiger partial charge in [-0.3, -0.25) is 14.7 Å². The maximum absolute atomic E-state index is 12.1. The highest BCUT2D eigenvalue weighted by atomic mass is 16.2. The molecule has 1 aromatic carbocycles. The first-order valence-electron chi connectivity index (χ1n) is 8.54. The average Bonchev–Trinajstić information content (AvgIpc) is 2.91. The second-order valence-electron chi connectivity index (χ2n) is 6.41. The molecule has 2 N–H and O–H groups in total. The highest BCUT2D eigenvalue weighted by molar-refractivity contribution is 5.84. The number of amides is 1. The molecule has 0 aliphatic rings. The number of carbonyl (C=O) groups is 1. The van der Waals surface area contributed by atoms with Gasteiger partial charge in [0.25, 0.3) is 0 Å². The van der Waals surface area contributed by atoms with Gasteiger partial charge in [0.1, 0.15) is 0 Å². The van der Waals surface area contributed by atoms with Gasteiger partial charge in [0.05, 0.1) is 6.54 Å². The van der Waals surface area contributed by atoms with Gasteiger partial charge in [0.15, 0.2) is 0 Å². The smallest absolute Gasteiger partial charge is 0.234 e. The molecule has 25 heavy (non-hydrogen) atoms. The molecule has 0 radical (unpaired) electrons. The summed E-state index contributed by atoms with van der Waals surface area (Å²) in [5.41, 5.74) is 4.70. The molecule has 0 bridgehead atoms. The predicted molar refractivity (Wildman–Crippen MR) is 100 cm³/mol. The number of nitrogens with one attached hydrogen (secondary N) is 2. The van der Waals surface area contributed by atoms with Crippen LogP contribution in [0.5, 0.6) is 0 Å². The number of hydrogen-bond acceptors (Lipinski definition) is 3. The Morgan fingerprint density at radius 1 is 1.24 bits per heavy atom. The van der Waals surface area contributed by atoms with E-state index < -0.39 is 0 Å². The maximum Gasteiger partial charge on any atom is 0.234 e. The molecule has 2 heterocycles. The lowest BCUT2D eigenvalue weighted by Gasteiger charge is -2.16. The van der Waals surface area contributed by atoms with E-state index in [0.717, 1.165) is 17.5 Å². The molecule has 0 fully saturated rings. The molecule has 0 atom stereocenters. The molecule has 0 saturated heterocycles. The minimum Gasteiger partial charge on any atom is -0.358 e. The summed E-state index contributed by atoms with van der Waals surface area (Å²) in [7, 11) is 1.94. The number of aromatic nitrogens is 2. The number of aromatic amines is 1. The van der Waals surface area contributed by atoms with Crippen molar-refractivity contribution < 1.29 is 4.79 Å². The zero-order valence-electron chi connectivity index (χ0n) is 14.7. The van der Waals surface area contributed by atoms with Crippen molar-refractivity contribution in [2.45, 2.75) is 19.9 Å². The minimum atomic E-state index is 0.0453. The molecule has 1 amide bonds. The molecule has 0 aliphatic carbocycles. The lowest BCUT2D eigenvalue weighted by molar-refractivity contribution is -0.122. The number of benzene rings is 1. The Hall–Kier alpha value is -2.66. The Morgan fingerprint density at radius 3 is 2.88 bits per heavy atom. The molecule has 3 aromatic rings. The lowest BCUT2D eigenvalue weighted by atomic mass is 10.1. The summed E-state index contributed by atoms with van der Waals surface area (Å²) in [6, 6.07) is 12.2. The Morgan fingerprint density at radius 2 is 2.08 bits per heavy atom. The number of aryl methyl sites for hydroxylation is 1. The van der Waals surface area contributed by atoms with Crippen molar-refractivity contribution in [3.8, 4) is 0 Å². The summed E-state index contributed by atoms with van der Waals surface area (Å²) < 4.78 is 0. The van der Waals surface area contributed by atoms with Gasteiger partial charge in [0, 0.05) is 42.1 Å². The van der Waals surface area contributed by atoms with Crippen LogP contribution in [0.25, 0.3) is 10.9 Å². The molecule has 0 unspecified atom stereocenters. The molecule has 0 saturated carbocycles. The minimum absolute atomic E-state index is 0.0453. The van der Waals surface area contributed by atoms with Crippen LogP contribution in [0.3, 0.4) is 0 Å². The summed E-state index contributed by atoms with van der Waals surface area (Å²) in [5.74, 6) is 0.0453. The second-order valence-corrected chi connectivity index (χ2v) is 6.41. The van der Waals surface area contributed by atoms with Crippen LogP contribution in [0, 0.1) is 6.92 Å². The number of pyridine rings is 1. The van der Waals surface area contributed by atoms with E-state index in [1.54, 1.807) is 6.20 Å². The average molecular weight is 336 g/mol. The monoisotopic (exact) mass is 336 g/mol. The molecular formula is C20H24N4O. The number of fused-ring (bicyclic) bond motifs is 1. The number of H-pyrrole nitrogens is 1. The fourth-order valence-electron chi connectivity index (χ4n) is 3.14. The standard InChI is InChI=1S/C20H24N4O/c1-15-17(18-7-3-4-8-19(18)23-15)9-11-22-20(25)14-24(2)13-16-6-5-10-21-12-16/h3-8,10,12,23H,9,11,13-14H2,1-2H3,(H,22,25). The van der Waals surface area contributed by atoms with E-state index >= 15 is 0 Å². The summed E-state index contributed by atoms with van der Waals surface area (Å²) in [4.78, 5) is 21.6. The van der Waals surface area contributed by atoms with Crippen molar-refractivity contribution >= 4 is 16.8 Å². The van der Waals surface area contributed by atoms with Crippen molar-refractivity contribution in [2.24, 2.45) is 0 Å². The third kappa shape index (κ3) is 4.45. The summed E-state index contributed by atoms with van der Waals surface area (Å²) >= 11 is 0. The fraction of sp³-hybridized carbons (Fsp3) is 0.300. The van der Waals surface area contributed by atoms with Gasteiger partial charge in [-0.1, -0.05) is 24.3 Å². The Labute approximate surface area is 148 Å². The number of carbonyl (C=O) groups excluding carboxylic acids is 1. The highest BCUT2D eigenvalue weighted by Crippen LogP contribution is 2.21. The normalized spacial score (nSPS) is 11.2. The number of para-hydroxylation sites is 1. The topological polar surface area (TPSA) is 61.0 Å². The Bertz CT molecular complexity index is 841. The van der Waals surface area contributed by atoms with E-state index in [4.69, 9.17) is 0 Å². The van der Waals surface area contributed by atoms with Crippen LogP contribution in [-0.4, -0.2) is 40.9 Å². The van der Waals surface area contributed by atoms with Gasteiger partial charge < -0.3 is 10.3 Å². The largest absolute Gasteiger partial charge is 0.358 e. The number of nitrogens with zero attached hydrogens (tertiary/aromatic N) is 2. The highest BCUT2D eigenvalue weighted by Gasteiger charge is 2.10. The van der Waals surface area contributed by atoms with E-state index in [0.29, 0.717) is 19.6 Å². The molecule has 130 valence electrons. The predicted octanol–water partition coefficient (Wildman–Crippen LogP) is 2.66. The quantitative estimate of drug-likeness (QED) is 0.697. The number of likely N-dealkylation sites (N-methyl/N-ethyl adjacent to an activating group) is 1. The van der Waals surface area contributed by atoms with Crippen LogP contribution in [0.1, 0.15) is 16.8 Å². The van der Waals surface area contributed by atoms with Crippen LogP contribution in [0.15, 0.2) is 48.8 Å². The van der Waals surface area contributed by atoms with E-state index in [2.05, 4.69) is 34.3 Å². The summed E-state index contributed by atoms with van der Waals surface area (Å²) in [6.07, 6.45) is 4.41. The first-order chi connectivity index (χ1) is 12.1. The van der Waals surface area contributed by atoms with E-state index in [1.165, 1.54) is 16.6 Å². The van der Waals surface area contributed by atoms with Crippen molar-refractivity contribution in [3.63, 3.8) is 0 Å². The van der Waals surface area contributed by atoms with Crippen LogP contribution in [0.2, 0.25) is 0 Å². The first kappa shape index (κ1) is 17.2. The molecule has 0 spiro atoms. The molecule has 5 nitrogen and oxygen atoms in total. The van der Waals surface area contributed by atoms with Crippen LogP contribution in [-0.2, 0) is 17.8 Å². The summed E-state index contributed by atoms with van der Waals surface area (Å²) in [5, 5.41) is 4.26. The Kier molecular flexibility index (Phi) is 5.46. The summed E-state index contributed by atoms with van der Waals surface area (Å²) in [6.45, 7) is 3.81. The van der Waals surface area contributed by atoms with Gasteiger partial charge in [-0.15, -0.1) is 0 Å². The van der Waals surface area contributed by atoms with Crippen molar-refractivity contribution in [1.29, 1.82) is 0 Å². The van der Waals surface area contributed by atoms with Crippen molar-refractivity contribution in [2.75, 3.05) is 20.1 Å². The first-order valence-corrected chi connectivity index (χ1v) is 8.54. The molecule has 0 aliphatic heterocycles. The van der Waals surface area contributed by atoms with Crippen molar-refractivity contribution in [1.82, 2.24) is 20.2 Å². The van der Waals surface area contributed by atoms with Gasteiger partial charge in [-0.25, -0.2) is 0 Å². The van der Waals surface area contributed by atoms with Crippen LogP contribution < -0.4 is 5.32 Å². The van der Waals surface area contributed by atoms with Crippen LogP contribution in [0.4, 0.5) is 0 Å². The number of hydrogen-bond donors (Lipinski definition) is 2. The van der Waals surface area contributed by atoms with Gasteiger partial charge in [-0.2, -0.15) is 0 Å². The van der Waals surface area contributed by atoms with Gasteiger partial charge >= 0.3 is 0 Å². The van der Waals surface area contributed by atoms with E-state index in [9.17, 15) is 4.79 Å². The molecule has 3 rings (SSSR count). The molecular weight excluding hydrogens is 312 g/mol. The zero-order valence-corrected chi connectivity index (χ0v) is 14.7. The lowest BCUT2D eigenvalue weighted by Crippen LogP contribution is -2.35. The maximum atomic E-state index is 12.1. The van der Waals surface area contributed by atoms with E-state index in [-0.39, 0.29) is 5.91 Å². The number of rotatable bonds is 7. The van der Waals surface area contributed by atoms with E-state index in [1.807, 2.05) is 42.4 Å². The zero-order chi connectivity index (χ0) is 17.6. The third-order valence-corrected chi connectivity index (χ3v) is 4.31.